The molecule has 0 amide bonds. The zero-order valence-electron chi connectivity index (χ0n) is 10.1. The molecule has 19 heavy (non-hydrogen) atoms. The summed E-state index contributed by atoms with van der Waals surface area (Å²) in [5.41, 5.74) is -0.662. The number of thioether (sulfide) groups is 1. The van der Waals surface area contributed by atoms with Gasteiger partial charge < -0.3 is 5.32 Å². The highest BCUT2D eigenvalue weighted by atomic mass is 32.2. The number of nitrogens with one attached hydrogen (secondary N) is 1. The minimum atomic E-state index is -4.45. The summed E-state index contributed by atoms with van der Waals surface area (Å²) in [6.07, 6.45) is -2.72. The molecule has 0 spiro atoms. The molecule has 1 saturated heterocycles. The van der Waals surface area contributed by atoms with Crippen LogP contribution in [0.2, 0.25) is 0 Å². The second-order valence-electron chi connectivity index (χ2n) is 4.40. The Morgan fingerprint density at radius 2 is 1.95 bits per heavy atom. The summed E-state index contributed by atoms with van der Waals surface area (Å²) in [6.45, 7) is 0. The third-order valence-electron chi connectivity index (χ3n) is 3.03. The van der Waals surface area contributed by atoms with Crippen LogP contribution in [0.5, 0.6) is 0 Å². The first-order chi connectivity index (χ1) is 9.00. The van der Waals surface area contributed by atoms with Crippen molar-refractivity contribution in [3.8, 4) is 6.07 Å². The van der Waals surface area contributed by atoms with E-state index in [0.29, 0.717) is 0 Å². The van der Waals surface area contributed by atoms with Crippen molar-refractivity contribution in [2.45, 2.75) is 25.1 Å². The molecule has 2 rings (SSSR count). The maximum absolute atomic E-state index is 13.0. The predicted molar refractivity (Wildman–Crippen MR) is 70.1 cm³/mol. The summed E-state index contributed by atoms with van der Waals surface area (Å²) in [5.74, 6) is 1.94. The molecule has 1 aliphatic rings. The summed E-state index contributed by atoms with van der Waals surface area (Å²) < 4.78 is 38.9. The highest BCUT2D eigenvalue weighted by molar-refractivity contribution is 7.99. The number of nitriles is 1. The number of halogens is 3. The van der Waals surface area contributed by atoms with Crippen molar-refractivity contribution in [2.24, 2.45) is 0 Å². The standard InChI is InChI=1S/C13H13F3N2S/c14-13(15,16)11-7-9(8-17)1-2-12(11)18-10-3-5-19-6-4-10/h1-2,7,10,18H,3-6H2. The molecule has 0 aliphatic carbocycles. The van der Waals surface area contributed by atoms with E-state index in [1.165, 1.54) is 12.1 Å². The van der Waals surface area contributed by atoms with E-state index in [-0.39, 0.29) is 17.3 Å². The minimum Gasteiger partial charge on any atom is -0.382 e. The van der Waals surface area contributed by atoms with Gasteiger partial charge in [0.2, 0.25) is 0 Å². The summed E-state index contributed by atoms with van der Waals surface area (Å²) in [4.78, 5) is 0. The van der Waals surface area contributed by atoms with E-state index in [1.54, 1.807) is 6.07 Å². The second-order valence-corrected chi connectivity index (χ2v) is 5.63. The number of benzene rings is 1. The second kappa shape index (κ2) is 5.74. The van der Waals surface area contributed by atoms with Crippen molar-refractivity contribution in [3.63, 3.8) is 0 Å². The molecular formula is C13H13F3N2S. The Bertz CT molecular complexity index is 488. The first-order valence-corrected chi connectivity index (χ1v) is 7.12. The van der Waals surface area contributed by atoms with Crippen LogP contribution in [0.3, 0.4) is 0 Å². The Balaban J connectivity index is 2.26. The molecule has 102 valence electrons. The first kappa shape index (κ1) is 14.1. The van der Waals surface area contributed by atoms with Crippen molar-refractivity contribution < 1.29 is 13.2 Å². The van der Waals surface area contributed by atoms with Crippen LogP contribution in [-0.2, 0) is 6.18 Å². The zero-order chi connectivity index (χ0) is 13.9. The Kier molecular flexibility index (Phi) is 4.25. The number of hydrogen-bond donors (Lipinski definition) is 1. The summed E-state index contributed by atoms with van der Waals surface area (Å²) in [6, 6.07) is 5.48. The molecule has 1 aromatic carbocycles. The van der Waals surface area contributed by atoms with Crippen LogP contribution in [0, 0.1) is 11.3 Å². The third kappa shape index (κ3) is 3.57. The molecule has 1 heterocycles. The molecular weight excluding hydrogens is 273 g/mol. The predicted octanol–water partition coefficient (Wildman–Crippen LogP) is 3.88. The van der Waals surface area contributed by atoms with Gasteiger partial charge in [-0.2, -0.15) is 30.2 Å². The van der Waals surface area contributed by atoms with Gasteiger partial charge in [-0.3, -0.25) is 0 Å². The van der Waals surface area contributed by atoms with Gasteiger partial charge in [0.1, 0.15) is 0 Å². The molecule has 1 fully saturated rings. The zero-order valence-corrected chi connectivity index (χ0v) is 10.9. The van der Waals surface area contributed by atoms with Gasteiger partial charge in [-0.1, -0.05) is 0 Å². The Hall–Kier alpha value is -1.35. The Morgan fingerprint density at radius 3 is 2.53 bits per heavy atom. The number of alkyl halides is 3. The smallest absolute Gasteiger partial charge is 0.382 e. The quantitative estimate of drug-likeness (QED) is 0.896. The Morgan fingerprint density at radius 1 is 1.26 bits per heavy atom. The lowest BCUT2D eigenvalue weighted by atomic mass is 10.1. The molecule has 6 heteroatoms. The van der Waals surface area contributed by atoms with Gasteiger partial charge in [0, 0.05) is 11.7 Å². The van der Waals surface area contributed by atoms with Crippen LogP contribution >= 0.6 is 11.8 Å². The van der Waals surface area contributed by atoms with Crippen LogP contribution in [0.15, 0.2) is 18.2 Å². The summed E-state index contributed by atoms with van der Waals surface area (Å²) in [7, 11) is 0. The molecule has 0 unspecified atom stereocenters. The number of rotatable bonds is 2. The van der Waals surface area contributed by atoms with E-state index in [1.807, 2.05) is 11.8 Å². The topological polar surface area (TPSA) is 35.8 Å². The van der Waals surface area contributed by atoms with Crippen LogP contribution in [0.1, 0.15) is 24.0 Å². The van der Waals surface area contributed by atoms with E-state index in [2.05, 4.69) is 5.32 Å². The fraction of sp³-hybridized carbons (Fsp3) is 0.462. The first-order valence-electron chi connectivity index (χ1n) is 5.96. The lowest BCUT2D eigenvalue weighted by Gasteiger charge is -2.25. The van der Waals surface area contributed by atoms with Crippen LogP contribution in [-0.4, -0.2) is 17.5 Å². The fourth-order valence-electron chi connectivity index (χ4n) is 2.04. The van der Waals surface area contributed by atoms with Crippen molar-refractivity contribution in [1.82, 2.24) is 0 Å². The van der Waals surface area contributed by atoms with Gasteiger partial charge in [-0.05, 0) is 42.5 Å². The van der Waals surface area contributed by atoms with Crippen LogP contribution in [0.4, 0.5) is 18.9 Å². The highest BCUT2D eigenvalue weighted by Gasteiger charge is 2.34. The number of anilines is 1. The Labute approximate surface area is 114 Å². The maximum Gasteiger partial charge on any atom is 0.418 e. The van der Waals surface area contributed by atoms with Gasteiger partial charge in [-0.25, -0.2) is 0 Å². The molecule has 0 bridgehead atoms. The molecule has 1 aromatic rings. The molecule has 0 atom stereocenters. The highest BCUT2D eigenvalue weighted by Crippen LogP contribution is 2.36. The minimum absolute atomic E-state index is 0.0251. The van der Waals surface area contributed by atoms with E-state index in [0.717, 1.165) is 30.4 Å². The van der Waals surface area contributed by atoms with Gasteiger partial charge in [0.05, 0.1) is 17.2 Å². The van der Waals surface area contributed by atoms with E-state index in [4.69, 9.17) is 5.26 Å². The van der Waals surface area contributed by atoms with E-state index >= 15 is 0 Å². The van der Waals surface area contributed by atoms with Crippen molar-refractivity contribution in [2.75, 3.05) is 16.8 Å². The molecule has 1 N–H and O–H groups in total. The van der Waals surface area contributed by atoms with Crippen LogP contribution < -0.4 is 5.32 Å². The molecule has 2 nitrogen and oxygen atoms in total. The summed E-state index contributed by atoms with van der Waals surface area (Å²) >= 11 is 1.82. The largest absolute Gasteiger partial charge is 0.418 e. The third-order valence-corrected chi connectivity index (χ3v) is 4.08. The molecule has 0 saturated carbocycles. The van der Waals surface area contributed by atoms with Gasteiger partial charge in [-0.15, -0.1) is 0 Å². The van der Waals surface area contributed by atoms with Crippen molar-refractivity contribution >= 4 is 17.4 Å². The van der Waals surface area contributed by atoms with Gasteiger partial charge in [0.25, 0.3) is 0 Å². The van der Waals surface area contributed by atoms with Crippen molar-refractivity contribution in [1.29, 1.82) is 5.26 Å². The lowest BCUT2D eigenvalue weighted by Crippen LogP contribution is -2.26. The maximum atomic E-state index is 13.0. The fourth-order valence-corrected chi connectivity index (χ4v) is 3.14. The average Bonchev–Trinajstić information content (AvgIpc) is 2.39. The molecule has 0 radical (unpaired) electrons. The van der Waals surface area contributed by atoms with Gasteiger partial charge >= 0.3 is 6.18 Å². The molecule has 1 aliphatic heterocycles. The van der Waals surface area contributed by atoms with E-state index < -0.39 is 11.7 Å². The average molecular weight is 286 g/mol. The van der Waals surface area contributed by atoms with Crippen LogP contribution in [0.25, 0.3) is 0 Å². The van der Waals surface area contributed by atoms with Crippen molar-refractivity contribution in [3.05, 3.63) is 29.3 Å². The van der Waals surface area contributed by atoms with E-state index in [9.17, 15) is 13.2 Å². The SMILES string of the molecule is N#Cc1ccc(NC2CCSCC2)c(C(F)(F)F)c1. The van der Waals surface area contributed by atoms with Gasteiger partial charge in [0.15, 0.2) is 0 Å². The number of nitrogens with zero attached hydrogens (tertiary/aromatic N) is 1. The monoisotopic (exact) mass is 286 g/mol. The number of hydrogen-bond acceptors (Lipinski definition) is 3. The molecule has 0 aromatic heterocycles. The summed E-state index contributed by atoms with van der Waals surface area (Å²) in [5, 5.41) is 11.7. The normalized spacial score (nSPS) is 16.9. The lowest BCUT2D eigenvalue weighted by molar-refractivity contribution is -0.137.